The second-order valence-corrected chi connectivity index (χ2v) is 5.94. The van der Waals surface area contributed by atoms with Crippen LogP contribution >= 0.6 is 22.6 Å². The summed E-state index contributed by atoms with van der Waals surface area (Å²) in [6.07, 6.45) is 4.31. The van der Waals surface area contributed by atoms with Crippen LogP contribution in [0, 0.1) is 26.6 Å². The molecular formula is C18H18FI. The summed E-state index contributed by atoms with van der Waals surface area (Å²) in [5.41, 5.74) is 6.63. The summed E-state index contributed by atoms with van der Waals surface area (Å²) >= 11 is 2.33. The van der Waals surface area contributed by atoms with Crippen LogP contribution in [0.4, 0.5) is 4.39 Å². The van der Waals surface area contributed by atoms with E-state index < -0.39 is 0 Å². The first-order chi connectivity index (χ1) is 9.52. The molecule has 0 radical (unpaired) electrons. The van der Waals surface area contributed by atoms with E-state index in [9.17, 15) is 4.39 Å². The Hall–Kier alpha value is -1.16. The van der Waals surface area contributed by atoms with Crippen molar-refractivity contribution in [3.8, 4) is 11.1 Å². The van der Waals surface area contributed by atoms with Crippen molar-refractivity contribution in [3.63, 3.8) is 0 Å². The molecular weight excluding hydrogens is 362 g/mol. The molecule has 2 aromatic rings. The average molecular weight is 380 g/mol. The van der Waals surface area contributed by atoms with Gasteiger partial charge >= 0.3 is 0 Å². The maximum absolute atomic E-state index is 13.5. The first kappa shape index (κ1) is 15.2. The van der Waals surface area contributed by atoms with Crippen LogP contribution in [0.25, 0.3) is 17.2 Å². The van der Waals surface area contributed by atoms with Gasteiger partial charge in [0.2, 0.25) is 0 Å². The van der Waals surface area contributed by atoms with E-state index >= 15 is 0 Å². The lowest BCUT2D eigenvalue weighted by molar-refractivity contribution is 0.619. The summed E-state index contributed by atoms with van der Waals surface area (Å²) in [4.78, 5) is 0. The highest BCUT2D eigenvalue weighted by molar-refractivity contribution is 14.1. The minimum atomic E-state index is -0.150. The Morgan fingerprint density at radius 3 is 2.45 bits per heavy atom. The molecule has 0 fully saturated rings. The van der Waals surface area contributed by atoms with Gasteiger partial charge in [-0.25, -0.2) is 4.39 Å². The van der Waals surface area contributed by atoms with Gasteiger partial charge in [-0.2, -0.15) is 0 Å². The number of hydrogen-bond acceptors (Lipinski definition) is 0. The molecule has 0 nitrogen and oxygen atoms in total. The molecule has 0 N–H and O–H groups in total. The van der Waals surface area contributed by atoms with Gasteiger partial charge in [-0.15, -0.1) is 0 Å². The van der Waals surface area contributed by atoms with Gasteiger partial charge in [0.25, 0.3) is 0 Å². The lowest BCUT2D eigenvalue weighted by Gasteiger charge is -2.12. The number of alkyl halides is 1. The van der Waals surface area contributed by atoms with Crippen LogP contribution in [-0.2, 0) is 0 Å². The Balaban J connectivity index is 2.64. The van der Waals surface area contributed by atoms with Gasteiger partial charge in [-0.1, -0.05) is 58.5 Å². The molecule has 0 atom stereocenters. The lowest BCUT2D eigenvalue weighted by atomic mass is 9.92. The minimum absolute atomic E-state index is 0.150. The van der Waals surface area contributed by atoms with Gasteiger partial charge in [0.15, 0.2) is 0 Å². The van der Waals surface area contributed by atoms with Gasteiger partial charge in [0.05, 0.1) is 0 Å². The summed E-state index contributed by atoms with van der Waals surface area (Å²) in [6.45, 7) is 6.03. The normalized spacial score (nSPS) is 11.2. The Labute approximate surface area is 133 Å². The molecule has 0 aliphatic rings. The van der Waals surface area contributed by atoms with Crippen LogP contribution in [0.5, 0.6) is 0 Å². The van der Waals surface area contributed by atoms with E-state index in [1.807, 2.05) is 19.1 Å². The quantitative estimate of drug-likeness (QED) is 0.462. The van der Waals surface area contributed by atoms with Crippen molar-refractivity contribution >= 4 is 28.7 Å². The first-order valence-corrected chi connectivity index (χ1v) is 8.15. The van der Waals surface area contributed by atoms with Gasteiger partial charge in [0, 0.05) is 4.43 Å². The van der Waals surface area contributed by atoms with Gasteiger partial charge < -0.3 is 0 Å². The minimum Gasteiger partial charge on any atom is -0.207 e. The SMILES string of the molecule is Cc1cc(C)c(/C=C/CI)c(-c2ccc(F)c(C)c2)c1. The molecule has 0 heterocycles. The number of hydrogen-bond donors (Lipinski definition) is 0. The molecule has 0 aliphatic carbocycles. The molecule has 2 rings (SSSR count). The highest BCUT2D eigenvalue weighted by Crippen LogP contribution is 2.30. The molecule has 0 saturated carbocycles. The zero-order chi connectivity index (χ0) is 14.7. The van der Waals surface area contributed by atoms with Gasteiger partial charge in [-0.05, 0) is 60.7 Å². The Morgan fingerprint density at radius 2 is 1.80 bits per heavy atom. The van der Waals surface area contributed by atoms with E-state index in [1.54, 1.807) is 6.07 Å². The molecule has 0 aromatic heterocycles. The summed E-state index contributed by atoms with van der Waals surface area (Å²) in [6, 6.07) is 9.69. The van der Waals surface area contributed by atoms with E-state index in [1.165, 1.54) is 22.3 Å². The Kier molecular flexibility index (Phi) is 4.97. The molecule has 2 aromatic carbocycles. The Morgan fingerprint density at radius 1 is 1.05 bits per heavy atom. The smallest absolute Gasteiger partial charge is 0.126 e. The highest BCUT2D eigenvalue weighted by atomic mass is 127. The molecule has 0 spiro atoms. The van der Waals surface area contributed by atoms with Crippen LogP contribution in [0.3, 0.4) is 0 Å². The molecule has 0 aliphatic heterocycles. The summed E-state index contributed by atoms with van der Waals surface area (Å²) in [7, 11) is 0. The second-order valence-electron chi connectivity index (χ2n) is 5.06. The largest absolute Gasteiger partial charge is 0.207 e. The molecule has 2 heteroatoms. The van der Waals surface area contributed by atoms with Crippen LogP contribution in [0.1, 0.15) is 22.3 Å². The van der Waals surface area contributed by atoms with Crippen molar-refractivity contribution in [2.75, 3.05) is 4.43 Å². The van der Waals surface area contributed by atoms with Gasteiger partial charge in [-0.3, -0.25) is 0 Å². The van der Waals surface area contributed by atoms with Crippen LogP contribution in [0.2, 0.25) is 0 Å². The summed E-state index contributed by atoms with van der Waals surface area (Å²) < 4.78 is 14.4. The standard InChI is InChI=1S/C18H18FI/c1-12-9-13(2)16(5-4-8-20)17(10-12)15-6-7-18(19)14(3)11-15/h4-7,9-11H,8H2,1-3H3/b5-4+. The van der Waals surface area contributed by atoms with E-state index in [2.05, 4.69) is 60.7 Å². The maximum Gasteiger partial charge on any atom is 0.126 e. The van der Waals surface area contributed by atoms with E-state index in [-0.39, 0.29) is 5.82 Å². The zero-order valence-electron chi connectivity index (χ0n) is 12.0. The molecule has 104 valence electrons. The fourth-order valence-corrected chi connectivity index (χ4v) is 2.67. The number of halogens is 2. The number of rotatable bonds is 3. The van der Waals surface area contributed by atoms with Crippen molar-refractivity contribution in [2.45, 2.75) is 20.8 Å². The Bertz CT molecular complexity index is 657. The van der Waals surface area contributed by atoms with Crippen LogP contribution in [0.15, 0.2) is 36.4 Å². The number of aryl methyl sites for hydroxylation is 3. The molecule has 0 amide bonds. The highest BCUT2D eigenvalue weighted by Gasteiger charge is 2.08. The third-order valence-electron chi connectivity index (χ3n) is 3.37. The molecule has 0 bridgehead atoms. The third kappa shape index (κ3) is 3.29. The average Bonchev–Trinajstić information content (AvgIpc) is 2.40. The van der Waals surface area contributed by atoms with E-state index in [0.717, 1.165) is 9.99 Å². The van der Waals surface area contributed by atoms with Crippen molar-refractivity contribution < 1.29 is 4.39 Å². The van der Waals surface area contributed by atoms with Crippen LogP contribution in [-0.4, -0.2) is 4.43 Å². The van der Waals surface area contributed by atoms with Crippen molar-refractivity contribution in [1.82, 2.24) is 0 Å². The van der Waals surface area contributed by atoms with E-state index in [0.29, 0.717) is 5.56 Å². The van der Waals surface area contributed by atoms with Gasteiger partial charge in [0.1, 0.15) is 5.82 Å². The fraction of sp³-hybridized carbons (Fsp3) is 0.222. The molecule has 20 heavy (non-hydrogen) atoms. The topological polar surface area (TPSA) is 0 Å². The third-order valence-corrected chi connectivity index (χ3v) is 3.88. The van der Waals surface area contributed by atoms with E-state index in [4.69, 9.17) is 0 Å². The van der Waals surface area contributed by atoms with Crippen molar-refractivity contribution in [1.29, 1.82) is 0 Å². The number of benzene rings is 2. The monoisotopic (exact) mass is 380 g/mol. The second kappa shape index (κ2) is 6.53. The zero-order valence-corrected chi connectivity index (χ0v) is 14.2. The predicted octanol–water partition coefficient (Wildman–Crippen LogP) is 5.87. The fourth-order valence-electron chi connectivity index (χ4n) is 2.41. The number of allylic oxidation sites excluding steroid dienone is 1. The van der Waals surface area contributed by atoms with Crippen molar-refractivity contribution in [3.05, 3.63) is 64.5 Å². The predicted molar refractivity (Wildman–Crippen MR) is 94.0 cm³/mol. The summed E-state index contributed by atoms with van der Waals surface area (Å²) in [5.74, 6) is -0.150. The lowest BCUT2D eigenvalue weighted by Crippen LogP contribution is -1.92. The van der Waals surface area contributed by atoms with Crippen LogP contribution < -0.4 is 0 Å². The molecule has 0 unspecified atom stereocenters. The summed E-state index contributed by atoms with van der Waals surface area (Å²) in [5, 5.41) is 0. The van der Waals surface area contributed by atoms with Crippen molar-refractivity contribution in [2.24, 2.45) is 0 Å². The first-order valence-electron chi connectivity index (χ1n) is 6.63. The maximum atomic E-state index is 13.5. The molecule has 0 saturated heterocycles.